The molecule has 5 heteroatoms. The Kier molecular flexibility index (Phi) is 6.59. The third kappa shape index (κ3) is 4.67. The number of thiophene rings is 2. The Bertz CT molecular complexity index is 3180. The molecule has 0 saturated carbocycles. The maximum atomic E-state index is 5.28. The van der Waals surface area contributed by atoms with Gasteiger partial charge in [-0.05, 0) is 48.5 Å². The normalized spacial score (nSPS) is 11.8. The predicted molar refractivity (Wildman–Crippen MR) is 222 cm³/mol. The van der Waals surface area contributed by atoms with Crippen molar-refractivity contribution in [2.24, 2.45) is 0 Å². The van der Waals surface area contributed by atoms with Crippen molar-refractivity contribution in [1.29, 1.82) is 0 Å². The second kappa shape index (κ2) is 11.6. The minimum atomic E-state index is 0.714. The molecule has 0 bridgehead atoms. The number of fused-ring (bicyclic) bond motifs is 10. The van der Waals surface area contributed by atoms with E-state index in [9.17, 15) is 0 Å². The van der Waals surface area contributed by atoms with E-state index >= 15 is 0 Å². The predicted octanol–water partition coefficient (Wildman–Crippen LogP) is 13.6. The lowest BCUT2D eigenvalue weighted by atomic mass is 9.96. The van der Waals surface area contributed by atoms with Gasteiger partial charge in [0, 0.05) is 78.8 Å². The third-order valence-electron chi connectivity index (χ3n) is 10.1. The topological polar surface area (TPSA) is 38.7 Å². The molecule has 4 heterocycles. The first kappa shape index (κ1) is 29.5. The van der Waals surface area contributed by atoms with Crippen molar-refractivity contribution in [1.82, 2.24) is 15.0 Å². The van der Waals surface area contributed by atoms with Crippen LogP contribution in [0.15, 0.2) is 164 Å². The molecule has 0 spiro atoms. The van der Waals surface area contributed by atoms with Crippen molar-refractivity contribution < 1.29 is 0 Å². The first-order valence-electron chi connectivity index (χ1n) is 17.3. The summed E-state index contributed by atoms with van der Waals surface area (Å²) in [7, 11) is 0. The van der Waals surface area contributed by atoms with Gasteiger partial charge in [-0.1, -0.05) is 115 Å². The van der Waals surface area contributed by atoms with Crippen molar-refractivity contribution in [3.8, 4) is 45.2 Å². The number of aromatic nitrogens is 3. The van der Waals surface area contributed by atoms with E-state index in [4.69, 9.17) is 15.0 Å². The Balaban J connectivity index is 1.15. The molecule has 11 aromatic rings. The SMILES string of the molecule is c1ccc(-c2cc(-c3ccc4c(c3)sc3ccccc34)nc(-c3ccc4sc5ccc6c(-c7ccccc7)nc7ccccc7c6c5c4c3)n2)cc1. The van der Waals surface area contributed by atoms with Gasteiger partial charge in [-0.2, -0.15) is 0 Å². The summed E-state index contributed by atoms with van der Waals surface area (Å²) in [5.41, 5.74) is 8.08. The molecule has 0 fully saturated rings. The number of hydrogen-bond acceptors (Lipinski definition) is 5. The van der Waals surface area contributed by atoms with E-state index in [0.29, 0.717) is 5.82 Å². The maximum absolute atomic E-state index is 5.28. The third-order valence-corrected chi connectivity index (χ3v) is 12.3. The van der Waals surface area contributed by atoms with Crippen LogP contribution in [0.3, 0.4) is 0 Å². The van der Waals surface area contributed by atoms with E-state index in [1.807, 2.05) is 28.7 Å². The average Bonchev–Trinajstić information content (AvgIpc) is 3.78. The second-order valence-electron chi connectivity index (χ2n) is 13.2. The van der Waals surface area contributed by atoms with Gasteiger partial charge in [0.2, 0.25) is 0 Å². The van der Waals surface area contributed by atoms with Gasteiger partial charge in [0.25, 0.3) is 0 Å². The molecule has 3 nitrogen and oxygen atoms in total. The van der Waals surface area contributed by atoms with E-state index in [1.54, 1.807) is 0 Å². The van der Waals surface area contributed by atoms with Crippen LogP contribution in [0.4, 0.5) is 0 Å². The van der Waals surface area contributed by atoms with Gasteiger partial charge in [0.05, 0.1) is 22.6 Å². The van der Waals surface area contributed by atoms with E-state index in [-0.39, 0.29) is 0 Å². The Morgan fingerprint density at radius 1 is 0.327 bits per heavy atom. The summed E-state index contributed by atoms with van der Waals surface area (Å²) in [4.78, 5) is 15.7. The van der Waals surface area contributed by atoms with E-state index in [0.717, 1.165) is 55.6 Å². The molecule has 242 valence electrons. The van der Waals surface area contributed by atoms with E-state index < -0.39 is 0 Å². The minimum absolute atomic E-state index is 0.714. The molecule has 52 heavy (non-hydrogen) atoms. The molecule has 0 atom stereocenters. The Morgan fingerprint density at radius 3 is 1.79 bits per heavy atom. The monoisotopic (exact) mass is 697 g/mol. The van der Waals surface area contributed by atoms with Gasteiger partial charge in [-0.3, -0.25) is 0 Å². The lowest BCUT2D eigenvalue weighted by Gasteiger charge is -2.12. The molecule has 4 aromatic heterocycles. The smallest absolute Gasteiger partial charge is 0.160 e. The molecule has 0 saturated heterocycles. The molecule has 0 radical (unpaired) electrons. The van der Waals surface area contributed by atoms with Crippen LogP contribution in [0.5, 0.6) is 0 Å². The summed E-state index contributed by atoms with van der Waals surface area (Å²) in [5.74, 6) is 0.714. The highest BCUT2D eigenvalue weighted by atomic mass is 32.1. The first-order valence-corrected chi connectivity index (χ1v) is 19.0. The van der Waals surface area contributed by atoms with E-state index in [1.165, 1.54) is 45.7 Å². The summed E-state index contributed by atoms with van der Waals surface area (Å²) in [6.07, 6.45) is 0. The molecule has 0 amide bonds. The number of hydrogen-bond donors (Lipinski definition) is 0. The molecule has 0 aliphatic heterocycles. The van der Waals surface area contributed by atoms with Crippen LogP contribution in [0.2, 0.25) is 0 Å². The van der Waals surface area contributed by atoms with Crippen LogP contribution < -0.4 is 0 Å². The molecule has 11 rings (SSSR count). The fourth-order valence-electron chi connectivity index (χ4n) is 7.63. The number of benzene rings is 7. The van der Waals surface area contributed by atoms with Crippen LogP contribution in [-0.4, -0.2) is 15.0 Å². The van der Waals surface area contributed by atoms with Crippen LogP contribution in [-0.2, 0) is 0 Å². The van der Waals surface area contributed by atoms with Gasteiger partial charge in [-0.15, -0.1) is 22.7 Å². The summed E-state index contributed by atoms with van der Waals surface area (Å²) in [5, 5.41) is 8.59. The zero-order chi connectivity index (χ0) is 34.2. The van der Waals surface area contributed by atoms with Crippen LogP contribution in [0.25, 0.3) is 107 Å². The second-order valence-corrected chi connectivity index (χ2v) is 15.3. The molecule has 0 N–H and O–H groups in total. The quantitative estimate of drug-likeness (QED) is 0.172. The van der Waals surface area contributed by atoms with Gasteiger partial charge in [-0.25, -0.2) is 15.0 Å². The van der Waals surface area contributed by atoms with Gasteiger partial charge < -0.3 is 0 Å². The molecule has 7 aromatic carbocycles. The van der Waals surface area contributed by atoms with Crippen molar-refractivity contribution in [2.75, 3.05) is 0 Å². The molecule has 0 aliphatic carbocycles. The summed E-state index contributed by atoms with van der Waals surface area (Å²) in [6, 6.07) is 58.2. The molecule has 0 unspecified atom stereocenters. The summed E-state index contributed by atoms with van der Waals surface area (Å²) < 4.78 is 5.05. The van der Waals surface area contributed by atoms with Crippen molar-refractivity contribution >= 4 is 84.7 Å². The molecule has 0 aliphatic rings. The van der Waals surface area contributed by atoms with E-state index in [2.05, 4.69) is 158 Å². The molecular weight excluding hydrogens is 671 g/mol. The Morgan fingerprint density at radius 2 is 0.942 bits per heavy atom. The fourth-order valence-corrected chi connectivity index (χ4v) is 9.87. The fraction of sp³-hybridized carbons (Fsp3) is 0. The summed E-state index contributed by atoms with van der Waals surface area (Å²) >= 11 is 3.66. The Labute approximate surface area is 307 Å². The zero-order valence-corrected chi connectivity index (χ0v) is 29.4. The van der Waals surface area contributed by atoms with Crippen LogP contribution in [0, 0.1) is 0 Å². The highest BCUT2D eigenvalue weighted by Gasteiger charge is 2.18. The highest BCUT2D eigenvalue weighted by molar-refractivity contribution is 7.26. The number of para-hydroxylation sites is 1. The lowest BCUT2D eigenvalue weighted by Crippen LogP contribution is -1.96. The van der Waals surface area contributed by atoms with Gasteiger partial charge >= 0.3 is 0 Å². The van der Waals surface area contributed by atoms with Crippen LogP contribution in [0.1, 0.15) is 0 Å². The highest BCUT2D eigenvalue weighted by Crippen LogP contribution is 2.44. The van der Waals surface area contributed by atoms with Crippen LogP contribution >= 0.6 is 22.7 Å². The van der Waals surface area contributed by atoms with Crippen molar-refractivity contribution in [3.63, 3.8) is 0 Å². The number of rotatable bonds is 4. The number of nitrogens with zero attached hydrogens (tertiary/aromatic N) is 3. The van der Waals surface area contributed by atoms with Gasteiger partial charge in [0.15, 0.2) is 5.82 Å². The Hall–Kier alpha value is -6.27. The standard InChI is InChI=1S/C47H27N3S2/c1-3-11-28(12-4-1)38-27-39(30-19-21-33-32-15-8-10-18-40(32)52-43(33)26-30)50-47(49-38)31-20-23-41-36(25-31)45-42(51-41)24-22-35-44(45)34-16-7-9-17-37(34)48-46(35)29-13-5-2-6-14-29/h1-27H. The maximum Gasteiger partial charge on any atom is 0.160 e. The number of pyridine rings is 1. The van der Waals surface area contributed by atoms with Gasteiger partial charge in [0.1, 0.15) is 0 Å². The lowest BCUT2D eigenvalue weighted by molar-refractivity contribution is 1.19. The zero-order valence-electron chi connectivity index (χ0n) is 27.7. The summed E-state index contributed by atoms with van der Waals surface area (Å²) in [6.45, 7) is 0. The first-order chi connectivity index (χ1) is 25.7. The molecular formula is C47H27N3S2. The van der Waals surface area contributed by atoms with Crippen molar-refractivity contribution in [2.45, 2.75) is 0 Å². The minimum Gasteiger partial charge on any atom is -0.247 e. The average molecular weight is 698 g/mol. The van der Waals surface area contributed by atoms with Crippen molar-refractivity contribution in [3.05, 3.63) is 164 Å². The largest absolute Gasteiger partial charge is 0.247 e.